The molecule has 0 saturated heterocycles. The van der Waals surface area contributed by atoms with E-state index in [0.29, 0.717) is 64.7 Å². The van der Waals surface area contributed by atoms with E-state index in [0.717, 1.165) is 96.7 Å². The number of aliphatic hydroxyl groups excluding tert-OH is 1. The summed E-state index contributed by atoms with van der Waals surface area (Å²) >= 11 is 0. The fourth-order valence-corrected chi connectivity index (χ4v) is 8.03. The van der Waals surface area contributed by atoms with Crippen LogP contribution in [0.4, 0.5) is 9.59 Å². The van der Waals surface area contributed by atoms with Gasteiger partial charge in [0.2, 0.25) is 0 Å². The number of ether oxygens (including phenoxy) is 6. The van der Waals surface area contributed by atoms with Crippen LogP contribution in [0.5, 0.6) is 0 Å². The van der Waals surface area contributed by atoms with Gasteiger partial charge in [0.1, 0.15) is 0 Å². The summed E-state index contributed by atoms with van der Waals surface area (Å²) in [5.41, 5.74) is 0. The highest BCUT2D eigenvalue weighted by molar-refractivity contribution is 5.60. The Labute approximate surface area is 383 Å². The number of unbranched alkanes of at least 4 members (excludes halogenated alkanes) is 22. The minimum atomic E-state index is -0.512. The predicted molar refractivity (Wildman–Crippen MR) is 257 cm³/mol. The quantitative estimate of drug-likeness (QED) is 0.0468. The summed E-state index contributed by atoms with van der Waals surface area (Å²) in [6.45, 7) is 15.7. The van der Waals surface area contributed by atoms with E-state index < -0.39 is 12.3 Å². The van der Waals surface area contributed by atoms with E-state index in [4.69, 9.17) is 33.5 Å². The van der Waals surface area contributed by atoms with Crippen molar-refractivity contribution in [1.29, 1.82) is 0 Å². The molecule has 10 nitrogen and oxygen atoms in total. The van der Waals surface area contributed by atoms with Crippen LogP contribution in [0.2, 0.25) is 0 Å². The Morgan fingerprint density at radius 2 is 0.710 bits per heavy atom. The first-order valence-electron chi connectivity index (χ1n) is 26.6. The van der Waals surface area contributed by atoms with Gasteiger partial charge in [-0.25, -0.2) is 9.59 Å². The zero-order valence-electron chi connectivity index (χ0n) is 41.4. The molecule has 1 N–H and O–H groups in total. The van der Waals surface area contributed by atoms with Gasteiger partial charge in [-0.1, -0.05) is 182 Å². The Kier molecular flexibility index (Phi) is 49.1. The van der Waals surface area contributed by atoms with Crippen molar-refractivity contribution in [3.63, 3.8) is 0 Å². The first-order valence-corrected chi connectivity index (χ1v) is 26.6. The zero-order valence-corrected chi connectivity index (χ0v) is 41.4. The van der Waals surface area contributed by atoms with Crippen LogP contribution in [0.3, 0.4) is 0 Å². The van der Waals surface area contributed by atoms with Gasteiger partial charge in [0.15, 0.2) is 0 Å². The molecule has 0 aromatic heterocycles. The average Bonchev–Trinajstić information content (AvgIpc) is 3.27. The average molecular weight is 886 g/mol. The van der Waals surface area contributed by atoms with Gasteiger partial charge in [-0.05, 0) is 76.3 Å². The van der Waals surface area contributed by atoms with Crippen molar-refractivity contribution in [2.24, 2.45) is 11.8 Å². The number of rotatable bonds is 50. The fourth-order valence-electron chi connectivity index (χ4n) is 8.03. The van der Waals surface area contributed by atoms with Crippen molar-refractivity contribution in [2.75, 3.05) is 79.1 Å². The van der Waals surface area contributed by atoms with Crippen LogP contribution in [-0.4, -0.2) is 101 Å². The largest absolute Gasteiger partial charge is 0.508 e. The number of nitrogens with zero attached hydrogens (tertiary/aromatic N) is 1. The maximum atomic E-state index is 12.4. The molecule has 2 atom stereocenters. The monoisotopic (exact) mass is 886 g/mol. The molecule has 0 aliphatic heterocycles. The van der Waals surface area contributed by atoms with E-state index in [1.54, 1.807) is 0 Å². The molecule has 0 fully saturated rings. The molecule has 0 bridgehead atoms. The highest BCUT2D eigenvalue weighted by atomic mass is 16.7. The Morgan fingerprint density at radius 3 is 1.11 bits per heavy atom. The third-order valence-corrected chi connectivity index (χ3v) is 12.1. The van der Waals surface area contributed by atoms with Gasteiger partial charge >= 0.3 is 12.3 Å². The number of hydrogen-bond donors (Lipinski definition) is 1. The summed E-state index contributed by atoms with van der Waals surface area (Å²) in [5, 5.41) is 8.91. The number of hydrogen-bond acceptors (Lipinski definition) is 10. The molecule has 0 amide bonds. The van der Waals surface area contributed by atoms with E-state index >= 15 is 0 Å². The van der Waals surface area contributed by atoms with E-state index in [1.165, 1.54) is 128 Å². The molecule has 0 aliphatic carbocycles. The topological polar surface area (TPSA) is 113 Å². The molecular formula is C52H103NO9. The van der Waals surface area contributed by atoms with Crippen LogP contribution >= 0.6 is 0 Å². The summed E-state index contributed by atoms with van der Waals surface area (Å²) in [6, 6.07) is 0. The number of carbonyl (C=O) groups excluding carboxylic acids is 2. The van der Waals surface area contributed by atoms with E-state index in [9.17, 15) is 9.59 Å². The van der Waals surface area contributed by atoms with Gasteiger partial charge in [0, 0.05) is 6.54 Å². The molecule has 0 spiro atoms. The second-order valence-corrected chi connectivity index (χ2v) is 18.0. The van der Waals surface area contributed by atoms with Crippen molar-refractivity contribution >= 4 is 12.3 Å². The molecule has 0 rings (SSSR count). The Hall–Kier alpha value is -1.62. The van der Waals surface area contributed by atoms with Gasteiger partial charge < -0.3 is 38.4 Å². The molecule has 0 radical (unpaired) electrons. The SMILES string of the molecule is CCCCCCCCC(CCCCCC)COC(=O)OCCCCCCN(CCCCCCOC(=O)OCC(CCCCCC)CCCCCCCC)CCOCCOCCO. The molecule has 62 heavy (non-hydrogen) atoms. The van der Waals surface area contributed by atoms with E-state index in [2.05, 4.69) is 32.6 Å². The first kappa shape index (κ1) is 60.4. The van der Waals surface area contributed by atoms with Crippen LogP contribution in [0, 0.1) is 11.8 Å². The second-order valence-electron chi connectivity index (χ2n) is 18.0. The highest BCUT2D eigenvalue weighted by Crippen LogP contribution is 2.21. The maximum Gasteiger partial charge on any atom is 0.508 e. The van der Waals surface area contributed by atoms with Crippen molar-refractivity contribution < 1.29 is 43.1 Å². The lowest BCUT2D eigenvalue weighted by atomic mass is 9.95. The normalized spacial score (nSPS) is 12.5. The maximum absolute atomic E-state index is 12.4. The molecule has 370 valence electrons. The molecule has 0 aromatic carbocycles. The fraction of sp³-hybridized carbons (Fsp3) is 0.962. The molecule has 0 aliphatic rings. The third kappa shape index (κ3) is 45.0. The summed E-state index contributed by atoms with van der Waals surface area (Å²) in [6.07, 6.45) is 37.0. The minimum Gasteiger partial charge on any atom is -0.434 e. The molecular weight excluding hydrogens is 783 g/mol. The lowest BCUT2D eigenvalue weighted by molar-refractivity contribution is 0.0262. The van der Waals surface area contributed by atoms with Gasteiger partial charge in [0.05, 0.1) is 59.5 Å². The minimum absolute atomic E-state index is 0.0261. The lowest BCUT2D eigenvalue weighted by Gasteiger charge is -2.22. The summed E-state index contributed by atoms with van der Waals surface area (Å²) in [4.78, 5) is 27.3. The van der Waals surface area contributed by atoms with Gasteiger partial charge in [-0.3, -0.25) is 0 Å². The molecule has 0 aromatic rings. The number of aliphatic hydroxyl groups is 1. The molecule has 2 unspecified atom stereocenters. The molecule has 0 saturated carbocycles. The first-order chi connectivity index (χ1) is 30.5. The van der Waals surface area contributed by atoms with E-state index in [1.807, 2.05) is 0 Å². The molecule has 0 heterocycles. The number of carbonyl (C=O) groups is 2. The van der Waals surface area contributed by atoms with Crippen molar-refractivity contribution in [3.05, 3.63) is 0 Å². The summed E-state index contributed by atoms with van der Waals surface area (Å²) < 4.78 is 33.2. The van der Waals surface area contributed by atoms with Crippen LogP contribution in [0.1, 0.15) is 233 Å². The smallest absolute Gasteiger partial charge is 0.434 e. The van der Waals surface area contributed by atoms with Crippen molar-refractivity contribution in [2.45, 2.75) is 233 Å². The standard InChI is InChI=1S/C52H103NO9/c1-5-9-13-17-19-27-35-49(33-25-15-11-7-3)47-61-51(55)59-41-31-23-21-29-37-53(39-43-57-45-46-58-44-40-54)38-30-22-24-32-42-60-52(56)62-48-50(34-26-16-12-8-4)36-28-20-18-14-10-6-2/h49-50,54H,5-48H2,1-4H3. The summed E-state index contributed by atoms with van der Waals surface area (Å²) in [5.74, 6) is 0.881. The highest BCUT2D eigenvalue weighted by Gasteiger charge is 2.15. The Balaban J connectivity index is 4.43. The third-order valence-electron chi connectivity index (χ3n) is 12.1. The second kappa shape index (κ2) is 50.4. The summed E-state index contributed by atoms with van der Waals surface area (Å²) in [7, 11) is 0. The molecule has 10 heteroatoms. The van der Waals surface area contributed by atoms with E-state index in [-0.39, 0.29) is 6.61 Å². The van der Waals surface area contributed by atoms with Crippen LogP contribution in [0.15, 0.2) is 0 Å². The van der Waals surface area contributed by atoms with Crippen LogP contribution in [-0.2, 0) is 28.4 Å². The lowest BCUT2D eigenvalue weighted by Crippen LogP contribution is -2.30. The van der Waals surface area contributed by atoms with Crippen LogP contribution in [0.25, 0.3) is 0 Å². The Bertz CT molecular complexity index is 847. The predicted octanol–water partition coefficient (Wildman–Crippen LogP) is 14.4. The van der Waals surface area contributed by atoms with Crippen molar-refractivity contribution in [1.82, 2.24) is 4.90 Å². The Morgan fingerprint density at radius 1 is 0.371 bits per heavy atom. The van der Waals surface area contributed by atoms with Gasteiger partial charge in [-0.2, -0.15) is 0 Å². The van der Waals surface area contributed by atoms with Crippen molar-refractivity contribution in [3.8, 4) is 0 Å². The zero-order chi connectivity index (χ0) is 45.2. The van der Waals surface area contributed by atoms with Gasteiger partial charge in [-0.15, -0.1) is 0 Å². The van der Waals surface area contributed by atoms with Gasteiger partial charge in [0.25, 0.3) is 0 Å². The van der Waals surface area contributed by atoms with Crippen LogP contribution < -0.4 is 0 Å².